The second-order valence-corrected chi connectivity index (χ2v) is 6.21. The van der Waals surface area contributed by atoms with Crippen molar-refractivity contribution in [2.45, 2.75) is 50.7 Å². The number of benzene rings is 1. The van der Waals surface area contributed by atoms with Crippen LogP contribution in [0.15, 0.2) is 24.3 Å². The smallest absolute Gasteiger partial charge is 0.118 e. The van der Waals surface area contributed by atoms with E-state index in [1.54, 1.807) is 7.11 Å². The molecule has 1 aromatic carbocycles. The molecule has 2 aliphatic rings. The van der Waals surface area contributed by atoms with Crippen LogP contribution in [0.1, 0.15) is 44.2 Å². The van der Waals surface area contributed by atoms with Gasteiger partial charge in [-0.05, 0) is 63.4 Å². The fraction of sp³-hybridized carbons (Fsp3) is 0.647. The summed E-state index contributed by atoms with van der Waals surface area (Å²) in [5, 5.41) is 3.82. The number of nitrogens with one attached hydrogen (secondary N) is 1. The van der Waals surface area contributed by atoms with Crippen molar-refractivity contribution in [3.05, 3.63) is 29.8 Å². The summed E-state index contributed by atoms with van der Waals surface area (Å²) < 4.78 is 5.22. The summed E-state index contributed by atoms with van der Waals surface area (Å²) in [6, 6.07) is 10.4. The van der Waals surface area contributed by atoms with E-state index in [0.717, 1.165) is 11.8 Å². The third-order valence-corrected chi connectivity index (χ3v) is 4.92. The lowest BCUT2D eigenvalue weighted by Gasteiger charge is -2.36. The monoisotopic (exact) mass is 274 g/mol. The summed E-state index contributed by atoms with van der Waals surface area (Å²) in [5.74, 6) is 0.931. The molecule has 0 spiro atoms. The number of ether oxygens (including phenoxy) is 1. The molecule has 0 radical (unpaired) electrons. The van der Waals surface area contributed by atoms with Gasteiger partial charge in [0.05, 0.1) is 7.11 Å². The third-order valence-electron chi connectivity index (χ3n) is 4.92. The molecule has 20 heavy (non-hydrogen) atoms. The standard InChI is InChI=1S/C17H26N2O/c1-13(14-5-7-17(20-2)8-6-14)18-15-9-11-19-10-3-4-16(19)12-15/h5-8,13,15-16,18H,3-4,9-12H2,1-2H3/t13-,15?,16?/m1/s1. The van der Waals surface area contributed by atoms with Crippen molar-refractivity contribution < 1.29 is 4.74 Å². The summed E-state index contributed by atoms with van der Waals surface area (Å²) in [5.41, 5.74) is 1.35. The van der Waals surface area contributed by atoms with E-state index in [2.05, 4.69) is 29.3 Å². The summed E-state index contributed by atoms with van der Waals surface area (Å²) in [4.78, 5) is 2.68. The minimum absolute atomic E-state index is 0.416. The van der Waals surface area contributed by atoms with E-state index in [0.29, 0.717) is 12.1 Å². The molecule has 0 amide bonds. The first kappa shape index (κ1) is 13.9. The predicted octanol–water partition coefficient (Wildman–Crippen LogP) is 2.97. The topological polar surface area (TPSA) is 24.5 Å². The molecule has 2 unspecified atom stereocenters. The van der Waals surface area contributed by atoms with Gasteiger partial charge in [0.25, 0.3) is 0 Å². The molecule has 0 bridgehead atoms. The van der Waals surface area contributed by atoms with Crippen LogP contribution in [0.25, 0.3) is 0 Å². The molecule has 3 heteroatoms. The Labute approximate surface area is 122 Å². The first-order valence-electron chi connectivity index (χ1n) is 7.90. The third kappa shape index (κ3) is 2.99. The lowest BCUT2D eigenvalue weighted by molar-refractivity contribution is 0.162. The number of piperidine rings is 1. The maximum absolute atomic E-state index is 5.22. The van der Waals surface area contributed by atoms with E-state index >= 15 is 0 Å². The molecule has 3 rings (SSSR count). The number of hydrogen-bond acceptors (Lipinski definition) is 3. The van der Waals surface area contributed by atoms with Crippen molar-refractivity contribution in [3.63, 3.8) is 0 Å². The van der Waals surface area contributed by atoms with E-state index in [9.17, 15) is 0 Å². The molecule has 2 fully saturated rings. The fourth-order valence-corrected chi connectivity index (χ4v) is 3.72. The molecule has 0 aliphatic carbocycles. The van der Waals surface area contributed by atoms with Gasteiger partial charge in [0.2, 0.25) is 0 Å². The Kier molecular flexibility index (Phi) is 4.27. The number of hydrogen-bond donors (Lipinski definition) is 1. The summed E-state index contributed by atoms with van der Waals surface area (Å²) in [6.45, 7) is 4.87. The van der Waals surface area contributed by atoms with E-state index in [1.165, 1.54) is 44.3 Å². The highest BCUT2D eigenvalue weighted by atomic mass is 16.5. The zero-order valence-corrected chi connectivity index (χ0v) is 12.6. The molecule has 3 atom stereocenters. The van der Waals surface area contributed by atoms with Crippen LogP contribution in [0, 0.1) is 0 Å². The molecule has 0 saturated carbocycles. The van der Waals surface area contributed by atoms with Crippen molar-refractivity contribution in [3.8, 4) is 5.75 Å². The van der Waals surface area contributed by atoms with Crippen molar-refractivity contribution in [2.24, 2.45) is 0 Å². The molecule has 0 aromatic heterocycles. The van der Waals surface area contributed by atoms with Gasteiger partial charge in [-0.25, -0.2) is 0 Å². The van der Waals surface area contributed by atoms with Crippen LogP contribution in [0.3, 0.4) is 0 Å². The van der Waals surface area contributed by atoms with Crippen LogP contribution in [-0.4, -0.2) is 37.2 Å². The molecule has 110 valence electrons. The molecular weight excluding hydrogens is 248 g/mol. The van der Waals surface area contributed by atoms with Crippen molar-refractivity contribution >= 4 is 0 Å². The highest BCUT2D eigenvalue weighted by molar-refractivity contribution is 5.28. The summed E-state index contributed by atoms with van der Waals surface area (Å²) >= 11 is 0. The van der Waals surface area contributed by atoms with Gasteiger partial charge in [0, 0.05) is 18.1 Å². The largest absolute Gasteiger partial charge is 0.497 e. The zero-order valence-electron chi connectivity index (χ0n) is 12.6. The number of methoxy groups -OCH3 is 1. The highest BCUT2D eigenvalue weighted by Crippen LogP contribution is 2.28. The molecule has 2 heterocycles. The maximum Gasteiger partial charge on any atom is 0.118 e. The van der Waals surface area contributed by atoms with Crippen LogP contribution < -0.4 is 10.1 Å². The van der Waals surface area contributed by atoms with Crippen LogP contribution in [0.5, 0.6) is 5.75 Å². The molecule has 1 N–H and O–H groups in total. The van der Waals surface area contributed by atoms with Gasteiger partial charge in [0.15, 0.2) is 0 Å². The second kappa shape index (κ2) is 6.15. The minimum atomic E-state index is 0.416. The average molecular weight is 274 g/mol. The van der Waals surface area contributed by atoms with Gasteiger partial charge in [-0.2, -0.15) is 0 Å². The Balaban J connectivity index is 1.56. The van der Waals surface area contributed by atoms with Gasteiger partial charge < -0.3 is 15.0 Å². The molecule has 2 saturated heterocycles. The van der Waals surface area contributed by atoms with Crippen molar-refractivity contribution in [2.75, 3.05) is 20.2 Å². The Morgan fingerprint density at radius 2 is 2.00 bits per heavy atom. The number of fused-ring (bicyclic) bond motifs is 1. The molecular formula is C17H26N2O. The first-order valence-corrected chi connectivity index (χ1v) is 7.90. The van der Waals surface area contributed by atoms with Gasteiger partial charge in [-0.1, -0.05) is 12.1 Å². The minimum Gasteiger partial charge on any atom is -0.497 e. The summed E-state index contributed by atoms with van der Waals surface area (Å²) in [7, 11) is 1.71. The van der Waals surface area contributed by atoms with Crippen molar-refractivity contribution in [1.29, 1.82) is 0 Å². The van der Waals surface area contributed by atoms with Gasteiger partial charge in [-0.15, -0.1) is 0 Å². The molecule has 2 aliphatic heterocycles. The van der Waals surface area contributed by atoms with Gasteiger partial charge in [-0.3, -0.25) is 0 Å². The first-order chi connectivity index (χ1) is 9.76. The SMILES string of the molecule is COc1ccc([C@@H](C)NC2CCN3CCCC3C2)cc1. The quantitative estimate of drug-likeness (QED) is 0.913. The average Bonchev–Trinajstić information content (AvgIpc) is 2.95. The van der Waals surface area contributed by atoms with Crippen LogP contribution in [-0.2, 0) is 0 Å². The Morgan fingerprint density at radius 3 is 2.75 bits per heavy atom. The lowest BCUT2D eigenvalue weighted by atomic mass is 9.96. The van der Waals surface area contributed by atoms with Crippen LogP contribution in [0.2, 0.25) is 0 Å². The summed E-state index contributed by atoms with van der Waals surface area (Å²) in [6.07, 6.45) is 5.40. The molecule has 3 nitrogen and oxygen atoms in total. The lowest BCUT2D eigenvalue weighted by Crippen LogP contribution is -2.46. The van der Waals surface area contributed by atoms with E-state index in [4.69, 9.17) is 4.74 Å². The number of rotatable bonds is 4. The van der Waals surface area contributed by atoms with E-state index in [1.807, 2.05) is 12.1 Å². The normalized spacial score (nSPS) is 28.1. The Morgan fingerprint density at radius 1 is 1.20 bits per heavy atom. The van der Waals surface area contributed by atoms with Crippen LogP contribution >= 0.6 is 0 Å². The Hall–Kier alpha value is -1.06. The Bertz CT molecular complexity index is 431. The van der Waals surface area contributed by atoms with Gasteiger partial charge in [0.1, 0.15) is 5.75 Å². The molecule has 1 aromatic rings. The van der Waals surface area contributed by atoms with E-state index < -0.39 is 0 Å². The second-order valence-electron chi connectivity index (χ2n) is 6.21. The zero-order chi connectivity index (χ0) is 13.9. The number of nitrogens with zero attached hydrogens (tertiary/aromatic N) is 1. The highest BCUT2D eigenvalue weighted by Gasteiger charge is 2.31. The predicted molar refractivity (Wildman–Crippen MR) is 82.2 cm³/mol. The van der Waals surface area contributed by atoms with E-state index in [-0.39, 0.29) is 0 Å². The maximum atomic E-state index is 5.22. The van der Waals surface area contributed by atoms with Crippen molar-refractivity contribution in [1.82, 2.24) is 10.2 Å². The van der Waals surface area contributed by atoms with Crippen LogP contribution in [0.4, 0.5) is 0 Å². The fourth-order valence-electron chi connectivity index (χ4n) is 3.72. The van der Waals surface area contributed by atoms with Gasteiger partial charge >= 0.3 is 0 Å².